The van der Waals surface area contributed by atoms with Gasteiger partial charge in [-0.25, -0.2) is 13.1 Å². The third-order valence-corrected chi connectivity index (χ3v) is 6.23. The van der Waals surface area contributed by atoms with Gasteiger partial charge in [0.05, 0.1) is 28.8 Å². The van der Waals surface area contributed by atoms with E-state index in [1.165, 1.54) is 19.2 Å². The molecule has 3 aromatic rings. The first-order valence-corrected chi connectivity index (χ1v) is 11.4. The topological polar surface area (TPSA) is 120 Å². The highest BCUT2D eigenvalue weighted by Crippen LogP contribution is 2.21. The van der Waals surface area contributed by atoms with E-state index in [1.54, 1.807) is 43.3 Å². The molecule has 0 saturated heterocycles. The number of amides is 1. The fourth-order valence-electron chi connectivity index (χ4n) is 2.93. The van der Waals surface area contributed by atoms with Crippen LogP contribution in [0.2, 0.25) is 0 Å². The SMILES string of the molecule is COc1ccc(S(=O)(=O)NCCNC(=O)c2ccccc2OCc2c(C)noc2C)cc1. The lowest BCUT2D eigenvalue weighted by atomic mass is 10.2. The van der Waals surface area contributed by atoms with E-state index < -0.39 is 10.0 Å². The van der Waals surface area contributed by atoms with Crippen LogP contribution in [0, 0.1) is 13.8 Å². The third kappa shape index (κ3) is 5.65. The summed E-state index contributed by atoms with van der Waals surface area (Å²) < 4.78 is 43.1. The van der Waals surface area contributed by atoms with Gasteiger partial charge < -0.3 is 19.3 Å². The van der Waals surface area contributed by atoms with Gasteiger partial charge in [0.1, 0.15) is 23.9 Å². The molecule has 170 valence electrons. The van der Waals surface area contributed by atoms with E-state index >= 15 is 0 Å². The zero-order valence-electron chi connectivity index (χ0n) is 18.0. The van der Waals surface area contributed by atoms with Crippen LogP contribution in [-0.2, 0) is 16.6 Å². The molecule has 0 bridgehead atoms. The molecule has 3 rings (SSSR count). The Labute approximate surface area is 186 Å². The van der Waals surface area contributed by atoms with Crippen LogP contribution in [0.15, 0.2) is 57.9 Å². The molecular weight excluding hydrogens is 434 g/mol. The number of nitrogens with one attached hydrogen (secondary N) is 2. The molecule has 10 heteroatoms. The molecule has 0 saturated carbocycles. The van der Waals surface area contributed by atoms with Crippen molar-refractivity contribution in [1.29, 1.82) is 0 Å². The van der Waals surface area contributed by atoms with Gasteiger partial charge >= 0.3 is 0 Å². The lowest BCUT2D eigenvalue weighted by Gasteiger charge is -2.12. The summed E-state index contributed by atoms with van der Waals surface area (Å²) >= 11 is 0. The first-order chi connectivity index (χ1) is 15.3. The van der Waals surface area contributed by atoms with Crippen LogP contribution in [0.5, 0.6) is 11.5 Å². The summed E-state index contributed by atoms with van der Waals surface area (Å²) in [4.78, 5) is 12.7. The van der Waals surface area contributed by atoms with E-state index in [0.29, 0.717) is 22.8 Å². The molecule has 1 aromatic heterocycles. The molecular formula is C22H25N3O6S. The number of aromatic nitrogens is 1. The van der Waals surface area contributed by atoms with Crippen molar-refractivity contribution in [3.05, 3.63) is 71.1 Å². The monoisotopic (exact) mass is 459 g/mol. The molecule has 32 heavy (non-hydrogen) atoms. The van der Waals surface area contributed by atoms with Crippen molar-refractivity contribution in [2.45, 2.75) is 25.3 Å². The van der Waals surface area contributed by atoms with Crippen LogP contribution in [0.3, 0.4) is 0 Å². The fraction of sp³-hybridized carbons (Fsp3) is 0.273. The van der Waals surface area contributed by atoms with Gasteiger partial charge in [-0.2, -0.15) is 0 Å². The van der Waals surface area contributed by atoms with Gasteiger partial charge in [-0.3, -0.25) is 4.79 Å². The number of hydrogen-bond acceptors (Lipinski definition) is 7. The normalized spacial score (nSPS) is 11.2. The molecule has 2 aromatic carbocycles. The predicted octanol–water partition coefficient (Wildman–Crippen LogP) is 2.59. The maximum Gasteiger partial charge on any atom is 0.255 e. The second-order valence-electron chi connectivity index (χ2n) is 6.92. The number of sulfonamides is 1. The van der Waals surface area contributed by atoms with Gasteiger partial charge in [-0.1, -0.05) is 17.3 Å². The minimum atomic E-state index is -3.69. The summed E-state index contributed by atoms with van der Waals surface area (Å²) in [5, 5.41) is 6.59. The summed E-state index contributed by atoms with van der Waals surface area (Å²) in [5.74, 6) is 1.26. The molecule has 0 aliphatic heterocycles. The lowest BCUT2D eigenvalue weighted by Crippen LogP contribution is -2.34. The summed E-state index contributed by atoms with van der Waals surface area (Å²) in [5.41, 5.74) is 1.90. The molecule has 0 aliphatic rings. The van der Waals surface area contributed by atoms with E-state index in [1.807, 2.05) is 6.92 Å². The number of nitrogens with zero attached hydrogens (tertiary/aromatic N) is 1. The molecule has 0 aliphatic carbocycles. The van der Waals surface area contributed by atoms with Gasteiger partial charge in [0, 0.05) is 13.1 Å². The van der Waals surface area contributed by atoms with Crippen molar-refractivity contribution < 1.29 is 27.2 Å². The highest BCUT2D eigenvalue weighted by Gasteiger charge is 2.16. The smallest absolute Gasteiger partial charge is 0.255 e. The van der Waals surface area contributed by atoms with Crippen LogP contribution in [0.1, 0.15) is 27.4 Å². The average molecular weight is 460 g/mol. The first-order valence-electron chi connectivity index (χ1n) is 9.87. The fourth-order valence-corrected chi connectivity index (χ4v) is 3.96. The Balaban J connectivity index is 1.55. The molecule has 0 atom stereocenters. The molecule has 2 N–H and O–H groups in total. The van der Waals surface area contributed by atoms with Crippen molar-refractivity contribution in [2.24, 2.45) is 0 Å². The molecule has 0 fully saturated rings. The minimum absolute atomic E-state index is 0.0300. The second kappa shape index (κ2) is 10.3. The zero-order chi connectivity index (χ0) is 23.1. The summed E-state index contributed by atoms with van der Waals surface area (Å²) in [6.45, 7) is 3.97. The average Bonchev–Trinajstić information content (AvgIpc) is 3.12. The Morgan fingerprint density at radius 3 is 2.44 bits per heavy atom. The molecule has 9 nitrogen and oxygen atoms in total. The predicted molar refractivity (Wildman–Crippen MR) is 117 cm³/mol. The highest BCUT2D eigenvalue weighted by atomic mass is 32.2. The number of carbonyl (C=O) groups is 1. The highest BCUT2D eigenvalue weighted by molar-refractivity contribution is 7.89. The van der Waals surface area contributed by atoms with Crippen LogP contribution in [0.25, 0.3) is 0 Å². The molecule has 1 heterocycles. The van der Waals surface area contributed by atoms with Crippen molar-refractivity contribution in [3.8, 4) is 11.5 Å². The van der Waals surface area contributed by atoms with Crippen LogP contribution >= 0.6 is 0 Å². The second-order valence-corrected chi connectivity index (χ2v) is 8.68. The van der Waals surface area contributed by atoms with Crippen molar-refractivity contribution in [3.63, 3.8) is 0 Å². The number of methoxy groups -OCH3 is 1. The van der Waals surface area contributed by atoms with E-state index in [2.05, 4.69) is 15.2 Å². The molecule has 0 radical (unpaired) electrons. The van der Waals surface area contributed by atoms with Crippen molar-refractivity contribution in [1.82, 2.24) is 15.2 Å². The first kappa shape index (κ1) is 23.3. The summed E-state index contributed by atoms with van der Waals surface area (Å²) in [6.07, 6.45) is 0. The number of carbonyl (C=O) groups excluding carboxylic acids is 1. The Kier molecular flexibility index (Phi) is 7.49. The van der Waals surface area contributed by atoms with E-state index in [0.717, 1.165) is 11.3 Å². The van der Waals surface area contributed by atoms with Gasteiger partial charge in [0.25, 0.3) is 5.91 Å². The van der Waals surface area contributed by atoms with Gasteiger partial charge in [0.2, 0.25) is 10.0 Å². The number of aryl methyl sites for hydroxylation is 2. The number of rotatable bonds is 10. The molecule has 0 spiro atoms. The number of ether oxygens (including phenoxy) is 2. The van der Waals surface area contributed by atoms with Gasteiger partial charge in [-0.15, -0.1) is 0 Å². The van der Waals surface area contributed by atoms with Crippen molar-refractivity contribution >= 4 is 15.9 Å². The maximum absolute atomic E-state index is 12.6. The van der Waals surface area contributed by atoms with Crippen LogP contribution in [0.4, 0.5) is 0 Å². The van der Waals surface area contributed by atoms with Gasteiger partial charge in [0.15, 0.2) is 0 Å². The molecule has 1 amide bonds. The van der Waals surface area contributed by atoms with E-state index in [4.69, 9.17) is 14.0 Å². The Morgan fingerprint density at radius 1 is 1.06 bits per heavy atom. The van der Waals surface area contributed by atoms with Crippen molar-refractivity contribution in [2.75, 3.05) is 20.2 Å². The van der Waals surface area contributed by atoms with E-state index in [9.17, 15) is 13.2 Å². The molecule has 0 unspecified atom stereocenters. The van der Waals surface area contributed by atoms with Crippen LogP contribution < -0.4 is 19.5 Å². The Hall–Kier alpha value is -3.37. The van der Waals surface area contributed by atoms with E-state index in [-0.39, 0.29) is 30.5 Å². The number of benzene rings is 2. The Morgan fingerprint density at radius 2 is 1.78 bits per heavy atom. The summed E-state index contributed by atoms with van der Waals surface area (Å²) in [6, 6.07) is 12.9. The maximum atomic E-state index is 12.6. The standard InChI is InChI=1S/C22H25N3O6S/c1-15-20(16(2)31-25-15)14-30-21-7-5-4-6-19(21)22(26)23-12-13-24-32(27,28)18-10-8-17(29-3)9-11-18/h4-11,24H,12-14H2,1-3H3,(H,23,26). The quantitative estimate of drug-likeness (QED) is 0.447. The Bertz CT molecular complexity index is 1150. The number of hydrogen-bond donors (Lipinski definition) is 2. The zero-order valence-corrected chi connectivity index (χ0v) is 18.9. The van der Waals surface area contributed by atoms with Crippen LogP contribution in [-0.4, -0.2) is 39.7 Å². The van der Waals surface area contributed by atoms with Gasteiger partial charge in [-0.05, 0) is 50.2 Å². The third-order valence-electron chi connectivity index (χ3n) is 4.76. The number of para-hydroxylation sites is 1. The minimum Gasteiger partial charge on any atom is -0.497 e. The lowest BCUT2D eigenvalue weighted by molar-refractivity contribution is 0.0950. The largest absolute Gasteiger partial charge is 0.497 e. The summed E-state index contributed by atoms with van der Waals surface area (Å²) in [7, 11) is -2.19.